The predicted octanol–water partition coefficient (Wildman–Crippen LogP) is 5.09. The number of hydrogen-bond donors (Lipinski definition) is 0. The van der Waals surface area contributed by atoms with Crippen LogP contribution >= 0.6 is 0 Å². The van der Waals surface area contributed by atoms with Crippen LogP contribution in [0.3, 0.4) is 0 Å². The lowest BCUT2D eigenvalue weighted by Crippen LogP contribution is -2.31. The van der Waals surface area contributed by atoms with E-state index in [2.05, 4.69) is 77.7 Å². The average Bonchev–Trinajstić information content (AvgIpc) is 2.61. The molecule has 0 N–H and O–H groups in total. The fourth-order valence-corrected chi connectivity index (χ4v) is 3.41. The molecule has 0 aromatic heterocycles. The Labute approximate surface area is 140 Å². The maximum atomic E-state index is 2.57. The zero-order valence-corrected chi connectivity index (χ0v) is 13.9. The fourth-order valence-electron chi connectivity index (χ4n) is 3.41. The molecule has 0 radical (unpaired) electrons. The minimum Gasteiger partial charge on any atom is -0.295 e. The molecule has 0 amide bonds. The van der Waals surface area contributed by atoms with Gasteiger partial charge in [0.05, 0.1) is 0 Å². The number of rotatable bonds is 7. The number of aryl methyl sites for hydroxylation is 1. The van der Waals surface area contributed by atoms with Gasteiger partial charge in [-0.2, -0.15) is 0 Å². The van der Waals surface area contributed by atoms with Crippen molar-refractivity contribution in [1.29, 1.82) is 0 Å². The first kappa shape index (κ1) is 16.0. The first-order chi connectivity index (χ1) is 11.4. The van der Waals surface area contributed by atoms with Crippen LogP contribution in [0.2, 0.25) is 0 Å². The minimum atomic E-state index is 0.725. The van der Waals surface area contributed by atoms with Gasteiger partial charge in [0, 0.05) is 19.6 Å². The van der Waals surface area contributed by atoms with Crippen molar-refractivity contribution >= 4 is 0 Å². The van der Waals surface area contributed by atoms with Gasteiger partial charge in [-0.25, -0.2) is 0 Å². The molecule has 0 bridgehead atoms. The highest BCUT2D eigenvalue weighted by Gasteiger charge is 2.15. The lowest BCUT2D eigenvalue weighted by Gasteiger charge is -2.29. The zero-order chi connectivity index (χ0) is 15.7. The van der Waals surface area contributed by atoms with E-state index in [9.17, 15) is 0 Å². The van der Waals surface area contributed by atoms with E-state index in [0.717, 1.165) is 19.0 Å². The number of benzene rings is 2. The summed E-state index contributed by atoms with van der Waals surface area (Å²) in [5.41, 5.74) is 2.89. The Morgan fingerprint density at radius 2 is 1.52 bits per heavy atom. The summed E-state index contributed by atoms with van der Waals surface area (Å²) in [6.45, 7) is 3.37. The highest BCUT2D eigenvalue weighted by molar-refractivity contribution is 5.15. The van der Waals surface area contributed by atoms with Crippen LogP contribution in [0.5, 0.6) is 0 Å². The number of unbranched alkanes of at least 4 members (excludes halogenated alkanes) is 1. The second-order valence-electron chi connectivity index (χ2n) is 6.60. The van der Waals surface area contributed by atoms with Gasteiger partial charge in [0.25, 0.3) is 0 Å². The number of hydrogen-bond acceptors (Lipinski definition) is 1. The van der Waals surface area contributed by atoms with Crippen molar-refractivity contribution in [2.45, 2.75) is 32.2 Å². The normalized spacial score (nSPS) is 18.2. The van der Waals surface area contributed by atoms with Crippen LogP contribution in [0.25, 0.3) is 0 Å². The Morgan fingerprint density at radius 1 is 0.826 bits per heavy atom. The molecule has 120 valence electrons. The largest absolute Gasteiger partial charge is 0.295 e. The van der Waals surface area contributed by atoms with Crippen LogP contribution in [0.15, 0.2) is 72.8 Å². The monoisotopic (exact) mass is 305 g/mol. The standard InChI is InChI=1S/C22H27N/c1-3-10-20(11-4-1)12-7-8-15-22-16-9-17-23(19-22)18-21-13-5-2-6-14-21/h1-6,9-11,13-14,16,22H,7-8,12,15,17-19H2. The molecule has 1 heteroatoms. The summed E-state index contributed by atoms with van der Waals surface area (Å²) < 4.78 is 0. The maximum absolute atomic E-state index is 2.57. The van der Waals surface area contributed by atoms with Gasteiger partial charge in [0.15, 0.2) is 0 Å². The van der Waals surface area contributed by atoms with Gasteiger partial charge in [-0.15, -0.1) is 0 Å². The molecule has 2 aromatic rings. The number of nitrogens with zero attached hydrogens (tertiary/aromatic N) is 1. The quantitative estimate of drug-likeness (QED) is 0.509. The van der Waals surface area contributed by atoms with E-state index in [4.69, 9.17) is 0 Å². The Balaban J connectivity index is 1.39. The first-order valence-corrected chi connectivity index (χ1v) is 8.87. The summed E-state index contributed by atoms with van der Waals surface area (Å²) in [5.74, 6) is 0.725. The summed E-state index contributed by atoms with van der Waals surface area (Å²) >= 11 is 0. The maximum Gasteiger partial charge on any atom is 0.0237 e. The highest BCUT2D eigenvalue weighted by Crippen LogP contribution is 2.19. The van der Waals surface area contributed by atoms with E-state index in [1.165, 1.54) is 43.4 Å². The first-order valence-electron chi connectivity index (χ1n) is 8.87. The Hall–Kier alpha value is -1.86. The van der Waals surface area contributed by atoms with Crippen molar-refractivity contribution in [2.75, 3.05) is 13.1 Å². The molecule has 0 aliphatic carbocycles. The van der Waals surface area contributed by atoms with Gasteiger partial charge in [-0.1, -0.05) is 79.2 Å². The van der Waals surface area contributed by atoms with Gasteiger partial charge >= 0.3 is 0 Å². The predicted molar refractivity (Wildman–Crippen MR) is 98.3 cm³/mol. The van der Waals surface area contributed by atoms with Gasteiger partial charge in [-0.3, -0.25) is 4.90 Å². The second kappa shape index (κ2) is 8.69. The minimum absolute atomic E-state index is 0.725. The third kappa shape index (κ3) is 5.37. The average molecular weight is 305 g/mol. The SMILES string of the molecule is C1=CC(CCCCc2ccccc2)CN(Cc2ccccc2)C1. The van der Waals surface area contributed by atoms with Gasteiger partial charge in [-0.05, 0) is 36.3 Å². The highest BCUT2D eigenvalue weighted by atomic mass is 15.1. The summed E-state index contributed by atoms with van der Waals surface area (Å²) in [7, 11) is 0. The van der Waals surface area contributed by atoms with Crippen molar-refractivity contribution in [1.82, 2.24) is 4.90 Å². The molecular formula is C22H27N. The van der Waals surface area contributed by atoms with Gasteiger partial charge < -0.3 is 0 Å². The smallest absolute Gasteiger partial charge is 0.0237 e. The molecule has 0 fully saturated rings. The molecule has 1 nitrogen and oxygen atoms in total. The Kier molecular flexibility index (Phi) is 6.05. The zero-order valence-electron chi connectivity index (χ0n) is 13.9. The van der Waals surface area contributed by atoms with Crippen LogP contribution in [0.1, 0.15) is 30.4 Å². The molecule has 1 atom stereocenters. The fraction of sp³-hybridized carbons (Fsp3) is 0.364. The summed E-state index contributed by atoms with van der Waals surface area (Å²) in [4.78, 5) is 2.57. The van der Waals surface area contributed by atoms with Crippen molar-refractivity contribution in [3.8, 4) is 0 Å². The van der Waals surface area contributed by atoms with E-state index in [0.29, 0.717) is 0 Å². The van der Waals surface area contributed by atoms with Crippen molar-refractivity contribution in [3.05, 3.63) is 83.9 Å². The molecule has 0 saturated carbocycles. The molecule has 23 heavy (non-hydrogen) atoms. The van der Waals surface area contributed by atoms with Gasteiger partial charge in [0.2, 0.25) is 0 Å². The molecule has 1 heterocycles. The molecule has 2 aromatic carbocycles. The summed E-state index contributed by atoms with van der Waals surface area (Å²) in [6.07, 6.45) is 9.94. The molecule has 1 aliphatic heterocycles. The van der Waals surface area contributed by atoms with Crippen LogP contribution in [0, 0.1) is 5.92 Å². The van der Waals surface area contributed by atoms with Crippen molar-refractivity contribution in [3.63, 3.8) is 0 Å². The van der Waals surface area contributed by atoms with Crippen molar-refractivity contribution < 1.29 is 0 Å². The van der Waals surface area contributed by atoms with Crippen LogP contribution in [0.4, 0.5) is 0 Å². The summed E-state index contributed by atoms with van der Waals surface area (Å²) in [6, 6.07) is 21.7. The lowest BCUT2D eigenvalue weighted by atomic mass is 9.96. The third-order valence-corrected chi connectivity index (χ3v) is 4.65. The van der Waals surface area contributed by atoms with E-state index in [-0.39, 0.29) is 0 Å². The summed E-state index contributed by atoms with van der Waals surface area (Å²) in [5, 5.41) is 0. The topological polar surface area (TPSA) is 3.24 Å². The van der Waals surface area contributed by atoms with Gasteiger partial charge in [0.1, 0.15) is 0 Å². The Morgan fingerprint density at radius 3 is 2.26 bits per heavy atom. The van der Waals surface area contributed by atoms with E-state index in [1.807, 2.05) is 0 Å². The third-order valence-electron chi connectivity index (χ3n) is 4.65. The Bertz CT molecular complexity index is 588. The van der Waals surface area contributed by atoms with Crippen LogP contribution in [-0.2, 0) is 13.0 Å². The van der Waals surface area contributed by atoms with Crippen LogP contribution < -0.4 is 0 Å². The lowest BCUT2D eigenvalue weighted by molar-refractivity contribution is 0.243. The molecule has 1 unspecified atom stereocenters. The van der Waals surface area contributed by atoms with E-state index in [1.54, 1.807) is 0 Å². The molecule has 0 saturated heterocycles. The van der Waals surface area contributed by atoms with Crippen LogP contribution in [-0.4, -0.2) is 18.0 Å². The van der Waals surface area contributed by atoms with E-state index < -0.39 is 0 Å². The van der Waals surface area contributed by atoms with E-state index >= 15 is 0 Å². The van der Waals surface area contributed by atoms with Crippen molar-refractivity contribution in [2.24, 2.45) is 5.92 Å². The molecule has 0 spiro atoms. The second-order valence-corrected chi connectivity index (χ2v) is 6.60. The molecular weight excluding hydrogens is 278 g/mol. The molecule has 1 aliphatic rings. The molecule has 3 rings (SSSR count).